The summed E-state index contributed by atoms with van der Waals surface area (Å²) in [5.74, 6) is 7.01. The highest BCUT2D eigenvalue weighted by atomic mass is 16.5. The predicted octanol–water partition coefficient (Wildman–Crippen LogP) is 3.41. The molecule has 1 saturated heterocycles. The van der Waals surface area contributed by atoms with Gasteiger partial charge in [-0.3, -0.25) is 4.68 Å². The Morgan fingerprint density at radius 2 is 1.96 bits per heavy atom. The Morgan fingerprint density at radius 3 is 2.75 bits per heavy atom. The summed E-state index contributed by atoms with van der Waals surface area (Å²) in [5, 5.41) is 6.52. The van der Waals surface area contributed by atoms with E-state index in [1.165, 1.54) is 0 Å². The number of fused-ring (bicyclic) bond motifs is 1. The van der Waals surface area contributed by atoms with E-state index in [9.17, 15) is 0 Å². The van der Waals surface area contributed by atoms with E-state index in [-0.39, 0.29) is 0 Å². The monoisotopic (exact) mass is 317 g/mol. The van der Waals surface area contributed by atoms with E-state index in [4.69, 9.17) is 4.74 Å². The number of rotatable bonds is 1. The molecule has 24 heavy (non-hydrogen) atoms. The SMILES string of the molecule is Cn1cc(-c2ccc3cnc(C#CC4CCOCC4)cc3c2)cn1. The summed E-state index contributed by atoms with van der Waals surface area (Å²) in [6, 6.07) is 8.45. The number of ether oxygens (including phenoxy) is 1. The van der Waals surface area contributed by atoms with Crippen LogP contribution in [0.2, 0.25) is 0 Å². The van der Waals surface area contributed by atoms with Crippen molar-refractivity contribution in [3.8, 4) is 23.0 Å². The minimum Gasteiger partial charge on any atom is -0.381 e. The zero-order valence-corrected chi connectivity index (χ0v) is 13.7. The summed E-state index contributed by atoms with van der Waals surface area (Å²) in [7, 11) is 1.93. The summed E-state index contributed by atoms with van der Waals surface area (Å²) >= 11 is 0. The average Bonchev–Trinajstić information content (AvgIpc) is 3.06. The van der Waals surface area contributed by atoms with Crippen LogP contribution in [0.1, 0.15) is 18.5 Å². The van der Waals surface area contributed by atoms with Gasteiger partial charge in [0.1, 0.15) is 5.69 Å². The van der Waals surface area contributed by atoms with Gasteiger partial charge in [-0.1, -0.05) is 18.1 Å². The average molecular weight is 317 g/mol. The molecule has 1 aromatic carbocycles. The molecule has 0 unspecified atom stereocenters. The van der Waals surface area contributed by atoms with Crippen molar-refractivity contribution in [3.05, 3.63) is 48.5 Å². The molecule has 3 aromatic rings. The Hall–Kier alpha value is -2.64. The Balaban J connectivity index is 1.65. The fraction of sp³-hybridized carbons (Fsp3) is 0.300. The zero-order valence-electron chi connectivity index (χ0n) is 13.7. The van der Waals surface area contributed by atoms with Crippen molar-refractivity contribution in [3.63, 3.8) is 0 Å². The molecule has 4 rings (SSSR count). The normalized spacial score (nSPS) is 15.2. The maximum atomic E-state index is 5.38. The van der Waals surface area contributed by atoms with Crippen LogP contribution in [0.4, 0.5) is 0 Å². The van der Waals surface area contributed by atoms with Crippen LogP contribution in [0.15, 0.2) is 42.9 Å². The van der Waals surface area contributed by atoms with Crippen LogP contribution in [0, 0.1) is 17.8 Å². The van der Waals surface area contributed by atoms with Crippen LogP contribution < -0.4 is 0 Å². The molecule has 0 amide bonds. The minimum atomic E-state index is 0.429. The van der Waals surface area contributed by atoms with Crippen molar-refractivity contribution in [2.45, 2.75) is 12.8 Å². The molecule has 2 aromatic heterocycles. The predicted molar refractivity (Wildman–Crippen MR) is 94.4 cm³/mol. The van der Waals surface area contributed by atoms with E-state index in [0.717, 1.165) is 53.6 Å². The Morgan fingerprint density at radius 1 is 1.08 bits per heavy atom. The van der Waals surface area contributed by atoms with Crippen LogP contribution in [0.5, 0.6) is 0 Å². The third kappa shape index (κ3) is 3.17. The maximum absolute atomic E-state index is 5.38. The van der Waals surface area contributed by atoms with Crippen molar-refractivity contribution in [1.82, 2.24) is 14.8 Å². The second-order valence-electron chi connectivity index (χ2n) is 6.19. The Labute approximate surface area is 141 Å². The van der Waals surface area contributed by atoms with Crippen LogP contribution in [0.25, 0.3) is 21.9 Å². The second-order valence-corrected chi connectivity index (χ2v) is 6.19. The van der Waals surface area contributed by atoms with Gasteiger partial charge in [0.2, 0.25) is 0 Å². The first-order chi connectivity index (χ1) is 11.8. The smallest absolute Gasteiger partial charge is 0.113 e. The molecule has 1 aliphatic heterocycles. The van der Waals surface area contributed by atoms with E-state index in [2.05, 4.69) is 46.2 Å². The van der Waals surface area contributed by atoms with Gasteiger partial charge in [0.15, 0.2) is 0 Å². The van der Waals surface area contributed by atoms with E-state index in [1.807, 2.05) is 30.3 Å². The summed E-state index contributed by atoms with van der Waals surface area (Å²) in [5.41, 5.74) is 3.11. The molecule has 0 saturated carbocycles. The molecule has 0 bridgehead atoms. The maximum Gasteiger partial charge on any atom is 0.113 e. The highest BCUT2D eigenvalue weighted by Gasteiger charge is 2.10. The molecule has 0 N–H and O–H groups in total. The number of hydrogen-bond acceptors (Lipinski definition) is 3. The lowest BCUT2D eigenvalue weighted by molar-refractivity contribution is 0.0807. The molecule has 1 fully saturated rings. The van der Waals surface area contributed by atoms with Crippen LogP contribution in [0.3, 0.4) is 0 Å². The first-order valence-electron chi connectivity index (χ1n) is 8.26. The number of nitrogens with zero attached hydrogens (tertiary/aromatic N) is 3. The number of aromatic nitrogens is 3. The standard InChI is InChI=1S/C20H19N3O/c1-23-14-19(13-22-23)16-3-4-17-12-21-20(11-18(17)10-16)5-2-15-6-8-24-9-7-15/h3-4,10-15H,6-9H2,1H3. The van der Waals surface area contributed by atoms with E-state index < -0.39 is 0 Å². The zero-order chi connectivity index (χ0) is 16.4. The fourth-order valence-electron chi connectivity index (χ4n) is 2.98. The van der Waals surface area contributed by atoms with Gasteiger partial charge < -0.3 is 4.74 Å². The Kier molecular flexibility index (Phi) is 4.02. The van der Waals surface area contributed by atoms with Gasteiger partial charge >= 0.3 is 0 Å². The molecule has 4 nitrogen and oxygen atoms in total. The van der Waals surface area contributed by atoms with Crippen LogP contribution in [-0.2, 0) is 11.8 Å². The number of benzene rings is 1. The molecule has 0 radical (unpaired) electrons. The van der Waals surface area contributed by atoms with Crippen LogP contribution >= 0.6 is 0 Å². The van der Waals surface area contributed by atoms with Gasteiger partial charge in [0.05, 0.1) is 6.20 Å². The second kappa shape index (κ2) is 6.46. The lowest BCUT2D eigenvalue weighted by Crippen LogP contribution is -2.13. The molecule has 1 aliphatic rings. The quantitative estimate of drug-likeness (QED) is 0.646. The number of pyridine rings is 1. The first-order valence-corrected chi connectivity index (χ1v) is 8.26. The molecular formula is C20H19N3O. The molecule has 3 heterocycles. The van der Waals surface area contributed by atoms with Crippen molar-refractivity contribution in [2.24, 2.45) is 13.0 Å². The van der Waals surface area contributed by atoms with Gasteiger partial charge in [0.25, 0.3) is 0 Å². The van der Waals surface area contributed by atoms with E-state index in [0.29, 0.717) is 5.92 Å². The van der Waals surface area contributed by atoms with E-state index in [1.54, 1.807) is 0 Å². The van der Waals surface area contributed by atoms with Gasteiger partial charge in [-0.15, -0.1) is 0 Å². The van der Waals surface area contributed by atoms with Crippen LogP contribution in [-0.4, -0.2) is 28.0 Å². The molecule has 0 aliphatic carbocycles. The van der Waals surface area contributed by atoms with Crippen molar-refractivity contribution in [2.75, 3.05) is 13.2 Å². The molecule has 0 spiro atoms. The molecule has 0 atom stereocenters. The summed E-state index contributed by atoms with van der Waals surface area (Å²) in [6.45, 7) is 1.64. The highest BCUT2D eigenvalue weighted by Crippen LogP contribution is 2.24. The van der Waals surface area contributed by atoms with E-state index >= 15 is 0 Å². The number of aryl methyl sites for hydroxylation is 1. The fourth-order valence-corrected chi connectivity index (χ4v) is 2.98. The highest BCUT2D eigenvalue weighted by molar-refractivity contribution is 5.87. The minimum absolute atomic E-state index is 0.429. The lowest BCUT2D eigenvalue weighted by atomic mass is 10.0. The van der Waals surface area contributed by atoms with Crippen molar-refractivity contribution < 1.29 is 4.74 Å². The third-order valence-corrected chi connectivity index (χ3v) is 4.39. The third-order valence-electron chi connectivity index (χ3n) is 4.39. The largest absolute Gasteiger partial charge is 0.381 e. The lowest BCUT2D eigenvalue weighted by Gasteiger charge is -2.16. The molecule has 4 heteroatoms. The molecule has 120 valence electrons. The molecular weight excluding hydrogens is 298 g/mol. The van der Waals surface area contributed by atoms with Gasteiger partial charge in [-0.25, -0.2) is 4.98 Å². The topological polar surface area (TPSA) is 39.9 Å². The van der Waals surface area contributed by atoms with Gasteiger partial charge in [0, 0.05) is 49.5 Å². The van der Waals surface area contributed by atoms with Crippen molar-refractivity contribution >= 4 is 10.8 Å². The Bertz CT molecular complexity index is 927. The number of hydrogen-bond donors (Lipinski definition) is 0. The van der Waals surface area contributed by atoms with Crippen molar-refractivity contribution in [1.29, 1.82) is 0 Å². The first kappa shape index (κ1) is 14.9. The summed E-state index contributed by atoms with van der Waals surface area (Å²) in [6.07, 6.45) is 7.84. The van der Waals surface area contributed by atoms with Gasteiger partial charge in [-0.2, -0.15) is 5.10 Å². The summed E-state index contributed by atoms with van der Waals surface area (Å²) in [4.78, 5) is 4.48. The van der Waals surface area contributed by atoms with Gasteiger partial charge in [-0.05, 0) is 41.8 Å². The summed E-state index contributed by atoms with van der Waals surface area (Å²) < 4.78 is 7.19.